The first kappa shape index (κ1) is 20.7. The van der Waals surface area contributed by atoms with Gasteiger partial charge < -0.3 is 10.1 Å². The SMILES string of the molecule is COc1ccc(S(=O)(=O)N2CCCC2)cc1NC(=O)CSCc1ccccc1. The van der Waals surface area contributed by atoms with E-state index in [4.69, 9.17) is 4.74 Å². The number of hydrogen-bond donors (Lipinski definition) is 1. The molecule has 1 saturated heterocycles. The fraction of sp³-hybridized carbons (Fsp3) is 0.350. The van der Waals surface area contributed by atoms with Gasteiger partial charge in [-0.15, -0.1) is 11.8 Å². The van der Waals surface area contributed by atoms with Gasteiger partial charge >= 0.3 is 0 Å². The summed E-state index contributed by atoms with van der Waals surface area (Å²) >= 11 is 1.50. The second-order valence-corrected chi connectivity index (χ2v) is 9.42. The molecule has 0 radical (unpaired) electrons. The van der Waals surface area contributed by atoms with Gasteiger partial charge in [-0.25, -0.2) is 8.42 Å². The zero-order valence-electron chi connectivity index (χ0n) is 15.8. The van der Waals surface area contributed by atoms with Gasteiger partial charge in [0.1, 0.15) is 5.75 Å². The second kappa shape index (κ2) is 9.45. The maximum Gasteiger partial charge on any atom is 0.243 e. The minimum Gasteiger partial charge on any atom is -0.495 e. The van der Waals surface area contributed by atoms with Crippen molar-refractivity contribution in [3.63, 3.8) is 0 Å². The number of nitrogens with one attached hydrogen (secondary N) is 1. The number of anilines is 1. The predicted octanol–water partition coefficient (Wildman–Crippen LogP) is 3.35. The van der Waals surface area contributed by atoms with Crippen molar-refractivity contribution in [3.8, 4) is 5.75 Å². The summed E-state index contributed by atoms with van der Waals surface area (Å²) < 4.78 is 32.3. The van der Waals surface area contributed by atoms with E-state index in [0.29, 0.717) is 24.5 Å². The molecule has 0 bridgehead atoms. The van der Waals surface area contributed by atoms with Crippen LogP contribution < -0.4 is 10.1 Å². The largest absolute Gasteiger partial charge is 0.495 e. The van der Waals surface area contributed by atoms with Crippen LogP contribution in [0.5, 0.6) is 5.75 Å². The van der Waals surface area contributed by atoms with Crippen LogP contribution in [0.25, 0.3) is 0 Å². The first-order valence-corrected chi connectivity index (χ1v) is 11.7. The average Bonchev–Trinajstić information content (AvgIpc) is 3.24. The number of rotatable bonds is 8. The zero-order chi connectivity index (χ0) is 20.0. The van der Waals surface area contributed by atoms with E-state index in [1.54, 1.807) is 6.07 Å². The van der Waals surface area contributed by atoms with Crippen LogP contribution in [-0.2, 0) is 20.6 Å². The van der Waals surface area contributed by atoms with Crippen LogP contribution in [-0.4, -0.2) is 44.6 Å². The summed E-state index contributed by atoms with van der Waals surface area (Å²) in [5.74, 6) is 1.23. The normalized spacial score (nSPS) is 14.8. The summed E-state index contributed by atoms with van der Waals surface area (Å²) in [5, 5.41) is 2.78. The number of carbonyl (C=O) groups excluding carboxylic acids is 1. The minimum atomic E-state index is -3.55. The smallest absolute Gasteiger partial charge is 0.243 e. The molecule has 1 amide bonds. The van der Waals surface area contributed by atoms with Gasteiger partial charge in [0.25, 0.3) is 0 Å². The summed E-state index contributed by atoms with van der Waals surface area (Å²) in [6.07, 6.45) is 1.75. The van der Waals surface area contributed by atoms with E-state index in [2.05, 4.69) is 5.32 Å². The van der Waals surface area contributed by atoms with Gasteiger partial charge in [-0.3, -0.25) is 4.79 Å². The van der Waals surface area contributed by atoms with Crippen molar-refractivity contribution in [3.05, 3.63) is 54.1 Å². The summed E-state index contributed by atoms with van der Waals surface area (Å²) in [7, 11) is -2.06. The molecule has 1 aliphatic rings. The lowest BCUT2D eigenvalue weighted by molar-refractivity contribution is -0.113. The number of nitrogens with zero attached hydrogens (tertiary/aromatic N) is 1. The summed E-state index contributed by atoms with van der Waals surface area (Å²) in [6.45, 7) is 1.07. The van der Waals surface area contributed by atoms with Gasteiger partial charge in [0, 0.05) is 18.8 Å². The van der Waals surface area contributed by atoms with Crippen LogP contribution in [0.3, 0.4) is 0 Å². The Kier molecular flexibility index (Phi) is 6.98. The molecule has 1 N–H and O–H groups in total. The molecule has 3 rings (SSSR count). The number of methoxy groups -OCH3 is 1. The minimum absolute atomic E-state index is 0.169. The lowest BCUT2D eigenvalue weighted by Crippen LogP contribution is -2.28. The van der Waals surface area contributed by atoms with Gasteiger partial charge in [0.05, 0.1) is 23.4 Å². The van der Waals surface area contributed by atoms with Gasteiger partial charge in [-0.05, 0) is 36.6 Å². The van der Waals surface area contributed by atoms with E-state index in [1.165, 1.54) is 35.3 Å². The number of amides is 1. The number of hydrogen-bond acceptors (Lipinski definition) is 5. The van der Waals surface area contributed by atoms with Crippen molar-refractivity contribution in [1.29, 1.82) is 0 Å². The van der Waals surface area contributed by atoms with Crippen LogP contribution in [0.1, 0.15) is 18.4 Å². The molecular weight excluding hydrogens is 396 g/mol. The molecule has 0 spiro atoms. The molecule has 1 heterocycles. The lowest BCUT2D eigenvalue weighted by Gasteiger charge is -2.17. The third kappa shape index (κ3) is 5.06. The quantitative estimate of drug-likeness (QED) is 0.709. The summed E-state index contributed by atoms with van der Waals surface area (Å²) in [6, 6.07) is 14.5. The highest BCUT2D eigenvalue weighted by Crippen LogP contribution is 2.30. The highest BCUT2D eigenvalue weighted by atomic mass is 32.2. The van der Waals surface area contributed by atoms with E-state index >= 15 is 0 Å². The van der Waals surface area contributed by atoms with E-state index < -0.39 is 10.0 Å². The molecule has 2 aromatic rings. The first-order valence-electron chi connectivity index (χ1n) is 9.10. The molecular formula is C20H24N2O4S2. The van der Waals surface area contributed by atoms with Crippen molar-refractivity contribution in [1.82, 2.24) is 4.31 Å². The van der Waals surface area contributed by atoms with Crippen LogP contribution in [0.2, 0.25) is 0 Å². The maximum atomic E-state index is 12.8. The maximum absolute atomic E-state index is 12.8. The molecule has 0 saturated carbocycles. The highest BCUT2D eigenvalue weighted by molar-refractivity contribution is 7.99. The molecule has 1 fully saturated rings. The Hall–Kier alpha value is -2.03. The van der Waals surface area contributed by atoms with Crippen molar-refractivity contribution in [2.45, 2.75) is 23.5 Å². The Balaban J connectivity index is 1.67. The molecule has 8 heteroatoms. The third-order valence-electron chi connectivity index (χ3n) is 4.49. The second-order valence-electron chi connectivity index (χ2n) is 6.50. The fourth-order valence-electron chi connectivity index (χ4n) is 3.04. The van der Waals surface area contributed by atoms with Crippen LogP contribution >= 0.6 is 11.8 Å². The average molecular weight is 421 g/mol. The van der Waals surface area contributed by atoms with Crippen LogP contribution in [0, 0.1) is 0 Å². The standard InChI is InChI=1S/C20H24N2O4S2/c1-26-19-10-9-17(28(24,25)22-11-5-6-12-22)13-18(19)21-20(23)15-27-14-16-7-3-2-4-8-16/h2-4,7-10,13H,5-6,11-12,14-15H2,1H3,(H,21,23). The van der Waals surface area contributed by atoms with Gasteiger partial charge in [-0.2, -0.15) is 4.31 Å². The van der Waals surface area contributed by atoms with Crippen molar-refractivity contribution in [2.24, 2.45) is 0 Å². The molecule has 0 unspecified atom stereocenters. The van der Waals surface area contributed by atoms with E-state index in [0.717, 1.165) is 24.2 Å². The Morgan fingerprint density at radius 1 is 1.14 bits per heavy atom. The Labute approximate surface area is 170 Å². The number of sulfonamides is 1. The molecule has 2 aromatic carbocycles. The van der Waals surface area contributed by atoms with E-state index in [1.807, 2.05) is 30.3 Å². The third-order valence-corrected chi connectivity index (χ3v) is 7.39. The highest BCUT2D eigenvalue weighted by Gasteiger charge is 2.28. The van der Waals surface area contributed by atoms with Crippen molar-refractivity contribution < 1.29 is 17.9 Å². The Morgan fingerprint density at radius 2 is 1.86 bits per heavy atom. The monoisotopic (exact) mass is 420 g/mol. The molecule has 0 atom stereocenters. The summed E-state index contributed by atoms with van der Waals surface area (Å²) in [4.78, 5) is 12.5. The fourth-order valence-corrected chi connectivity index (χ4v) is 5.38. The van der Waals surface area contributed by atoms with Crippen molar-refractivity contribution >= 4 is 33.4 Å². The van der Waals surface area contributed by atoms with E-state index in [-0.39, 0.29) is 16.6 Å². The molecule has 0 aliphatic carbocycles. The van der Waals surface area contributed by atoms with Gasteiger partial charge in [0.2, 0.25) is 15.9 Å². The number of ether oxygens (including phenoxy) is 1. The van der Waals surface area contributed by atoms with Crippen LogP contribution in [0.15, 0.2) is 53.4 Å². The molecule has 0 aromatic heterocycles. The topological polar surface area (TPSA) is 75.7 Å². The zero-order valence-corrected chi connectivity index (χ0v) is 17.4. The molecule has 6 nitrogen and oxygen atoms in total. The van der Waals surface area contributed by atoms with Gasteiger partial charge in [0.15, 0.2) is 0 Å². The molecule has 150 valence electrons. The number of thioether (sulfide) groups is 1. The first-order chi connectivity index (χ1) is 13.5. The number of benzene rings is 2. The predicted molar refractivity (Wildman–Crippen MR) is 112 cm³/mol. The summed E-state index contributed by atoms with van der Waals surface area (Å²) in [5.41, 5.74) is 1.52. The van der Waals surface area contributed by atoms with Crippen molar-refractivity contribution in [2.75, 3.05) is 31.3 Å². The molecule has 28 heavy (non-hydrogen) atoms. The Morgan fingerprint density at radius 3 is 2.54 bits per heavy atom. The Bertz CT molecular complexity index is 911. The van der Waals surface area contributed by atoms with E-state index in [9.17, 15) is 13.2 Å². The van der Waals surface area contributed by atoms with Gasteiger partial charge in [-0.1, -0.05) is 30.3 Å². The van der Waals surface area contributed by atoms with Crippen LogP contribution in [0.4, 0.5) is 5.69 Å². The molecule has 1 aliphatic heterocycles. The number of carbonyl (C=O) groups is 1. The lowest BCUT2D eigenvalue weighted by atomic mass is 10.2.